The fourth-order valence-corrected chi connectivity index (χ4v) is 9.87. The Morgan fingerprint density at radius 1 is 0.273 bits per heavy atom. The molecule has 0 heterocycles. The highest BCUT2D eigenvalue weighted by Gasteiger charge is 2.22. The number of benzene rings is 11. The maximum absolute atomic E-state index is 2.46. The Hall–Kier alpha value is -7.68. The van der Waals surface area contributed by atoms with Gasteiger partial charge in [0, 0.05) is 33.8 Å². The molecule has 11 aromatic carbocycles. The fraction of sp³-hybridized carbons (Fsp3) is 0.125. The van der Waals surface area contributed by atoms with Gasteiger partial charge in [-0.15, -0.1) is 0 Å². The lowest BCUT2D eigenvalue weighted by atomic mass is 9.87. The zero-order chi connectivity index (χ0) is 45.2. The standard InChI is InChI=1S/C64H54N2/c1-63(2,3)48-27-35-51(36-28-48)65(53-33-23-43-15-7-9-17-46(43)39-53)50-31-25-45(26-32-50)59-41-60-57-21-13-14-22-58(57)62(42-61(60)56-20-12-11-19-55(56)59)66(52-37-29-49(30-38-52)64(4,5)6)54-34-24-44-16-8-10-18-47(44)40-54/h7-42H,1-6H3. The van der Waals surface area contributed by atoms with Crippen LogP contribution in [0.1, 0.15) is 52.7 Å². The Morgan fingerprint density at radius 3 is 1.17 bits per heavy atom. The van der Waals surface area contributed by atoms with Crippen LogP contribution < -0.4 is 9.80 Å². The Kier molecular flexibility index (Phi) is 10.0. The molecule has 0 amide bonds. The zero-order valence-electron chi connectivity index (χ0n) is 38.7. The van der Waals surface area contributed by atoms with Crippen molar-refractivity contribution in [3.8, 4) is 11.1 Å². The molecule has 0 saturated carbocycles. The first-order valence-corrected chi connectivity index (χ1v) is 23.2. The average molecular weight is 851 g/mol. The van der Waals surface area contributed by atoms with Crippen molar-refractivity contribution in [1.82, 2.24) is 0 Å². The highest BCUT2D eigenvalue weighted by Crippen LogP contribution is 2.47. The van der Waals surface area contributed by atoms with Gasteiger partial charge in [-0.3, -0.25) is 0 Å². The van der Waals surface area contributed by atoms with Gasteiger partial charge in [0.1, 0.15) is 0 Å². The van der Waals surface area contributed by atoms with Crippen molar-refractivity contribution in [2.75, 3.05) is 9.80 Å². The minimum absolute atomic E-state index is 0.0495. The van der Waals surface area contributed by atoms with Gasteiger partial charge in [-0.2, -0.15) is 0 Å². The molecule has 0 saturated heterocycles. The molecule has 2 nitrogen and oxygen atoms in total. The maximum atomic E-state index is 2.46. The second-order valence-electron chi connectivity index (χ2n) is 19.9. The van der Waals surface area contributed by atoms with Crippen LogP contribution >= 0.6 is 0 Å². The number of hydrogen-bond acceptors (Lipinski definition) is 2. The molecule has 0 N–H and O–H groups in total. The third-order valence-corrected chi connectivity index (χ3v) is 13.5. The predicted molar refractivity (Wildman–Crippen MR) is 286 cm³/mol. The van der Waals surface area contributed by atoms with E-state index in [9.17, 15) is 0 Å². The highest BCUT2D eigenvalue weighted by atomic mass is 15.1. The molecule has 0 bridgehead atoms. The summed E-state index contributed by atoms with van der Waals surface area (Å²) in [6, 6.07) is 81.1. The van der Waals surface area contributed by atoms with E-state index >= 15 is 0 Å². The van der Waals surface area contributed by atoms with Crippen LogP contribution in [0.2, 0.25) is 0 Å². The van der Waals surface area contributed by atoms with Gasteiger partial charge in [-0.1, -0.05) is 187 Å². The first-order valence-electron chi connectivity index (χ1n) is 23.2. The third-order valence-electron chi connectivity index (χ3n) is 13.5. The number of fused-ring (bicyclic) bond motifs is 7. The lowest BCUT2D eigenvalue weighted by molar-refractivity contribution is 0.590. The molecule has 0 unspecified atom stereocenters. The SMILES string of the molecule is CC(C)(C)c1ccc(N(c2ccc(-c3cc4c5ccccc5c(N(c5ccc(C(C)(C)C)cc5)c5ccc6ccccc6c5)cc4c4ccccc34)cc2)c2ccc3ccccc3c2)cc1. The second-order valence-corrected chi connectivity index (χ2v) is 19.9. The van der Waals surface area contributed by atoms with Gasteiger partial charge in [0.2, 0.25) is 0 Å². The van der Waals surface area contributed by atoms with Crippen molar-refractivity contribution in [3.63, 3.8) is 0 Å². The minimum Gasteiger partial charge on any atom is -0.310 e. The first kappa shape index (κ1) is 41.1. The van der Waals surface area contributed by atoms with E-state index in [1.807, 2.05) is 0 Å². The molecule has 0 atom stereocenters. The molecule has 0 spiro atoms. The summed E-state index contributed by atoms with van der Waals surface area (Å²) in [5, 5.41) is 12.3. The van der Waals surface area contributed by atoms with Crippen LogP contribution in [0.3, 0.4) is 0 Å². The molecule has 0 aromatic heterocycles. The van der Waals surface area contributed by atoms with Gasteiger partial charge in [0.25, 0.3) is 0 Å². The summed E-state index contributed by atoms with van der Waals surface area (Å²) >= 11 is 0. The van der Waals surface area contributed by atoms with Crippen molar-refractivity contribution in [3.05, 3.63) is 230 Å². The second kappa shape index (κ2) is 16.1. The van der Waals surface area contributed by atoms with E-state index in [0.717, 1.165) is 34.1 Å². The van der Waals surface area contributed by atoms with Crippen LogP contribution in [0.15, 0.2) is 218 Å². The summed E-state index contributed by atoms with van der Waals surface area (Å²) in [6.07, 6.45) is 0. The van der Waals surface area contributed by atoms with Crippen molar-refractivity contribution in [2.45, 2.75) is 52.4 Å². The molecule has 0 radical (unpaired) electrons. The molecule has 0 aliphatic rings. The van der Waals surface area contributed by atoms with Crippen LogP contribution in [0.25, 0.3) is 65.0 Å². The topological polar surface area (TPSA) is 6.48 Å². The minimum atomic E-state index is 0.0495. The van der Waals surface area contributed by atoms with Crippen molar-refractivity contribution in [2.24, 2.45) is 0 Å². The summed E-state index contributed by atoms with van der Waals surface area (Å²) in [7, 11) is 0. The molecule has 11 aromatic rings. The summed E-state index contributed by atoms with van der Waals surface area (Å²) in [5.41, 5.74) is 11.9. The molecule has 0 aliphatic heterocycles. The zero-order valence-corrected chi connectivity index (χ0v) is 38.7. The molecular weight excluding hydrogens is 797 g/mol. The van der Waals surface area contributed by atoms with E-state index in [1.54, 1.807) is 0 Å². The van der Waals surface area contributed by atoms with Crippen molar-refractivity contribution in [1.29, 1.82) is 0 Å². The highest BCUT2D eigenvalue weighted by molar-refractivity contribution is 6.24. The summed E-state index contributed by atoms with van der Waals surface area (Å²) in [6.45, 7) is 13.7. The lowest BCUT2D eigenvalue weighted by Gasteiger charge is -2.29. The smallest absolute Gasteiger partial charge is 0.0546 e. The first-order chi connectivity index (χ1) is 32.0. The maximum Gasteiger partial charge on any atom is 0.0546 e. The van der Waals surface area contributed by atoms with Crippen LogP contribution in [-0.2, 0) is 10.8 Å². The van der Waals surface area contributed by atoms with E-state index in [1.165, 1.54) is 76.1 Å². The summed E-state index contributed by atoms with van der Waals surface area (Å²) < 4.78 is 0. The molecule has 66 heavy (non-hydrogen) atoms. The van der Waals surface area contributed by atoms with E-state index in [-0.39, 0.29) is 10.8 Å². The Bertz CT molecular complexity index is 3590. The predicted octanol–water partition coefficient (Wildman–Crippen LogP) is 18.7. The number of rotatable bonds is 7. The van der Waals surface area contributed by atoms with E-state index in [4.69, 9.17) is 0 Å². The molecule has 2 heteroatoms. The van der Waals surface area contributed by atoms with Gasteiger partial charge < -0.3 is 9.80 Å². The Labute approximate surface area is 389 Å². The summed E-state index contributed by atoms with van der Waals surface area (Å²) in [4.78, 5) is 4.84. The number of hydrogen-bond donors (Lipinski definition) is 0. The molecule has 0 aliphatic carbocycles. The average Bonchev–Trinajstić information content (AvgIpc) is 3.34. The quantitative estimate of drug-likeness (QED) is 0.147. The Morgan fingerprint density at radius 2 is 0.652 bits per heavy atom. The Balaban J connectivity index is 1.07. The van der Waals surface area contributed by atoms with E-state index in [0.29, 0.717) is 0 Å². The molecule has 11 rings (SSSR count). The molecular formula is C64H54N2. The monoisotopic (exact) mass is 850 g/mol. The molecule has 320 valence electrons. The van der Waals surface area contributed by atoms with Gasteiger partial charge in [-0.25, -0.2) is 0 Å². The van der Waals surface area contributed by atoms with Crippen LogP contribution in [-0.4, -0.2) is 0 Å². The van der Waals surface area contributed by atoms with Gasteiger partial charge >= 0.3 is 0 Å². The number of anilines is 6. The summed E-state index contributed by atoms with van der Waals surface area (Å²) in [5.74, 6) is 0. The van der Waals surface area contributed by atoms with Crippen LogP contribution in [0.4, 0.5) is 34.1 Å². The van der Waals surface area contributed by atoms with Gasteiger partial charge in [0.05, 0.1) is 5.69 Å². The van der Waals surface area contributed by atoms with E-state index in [2.05, 4.69) is 270 Å². The largest absolute Gasteiger partial charge is 0.310 e. The third kappa shape index (κ3) is 7.43. The fourth-order valence-electron chi connectivity index (χ4n) is 9.87. The molecule has 0 fully saturated rings. The normalized spacial score (nSPS) is 12.1. The van der Waals surface area contributed by atoms with Crippen LogP contribution in [0.5, 0.6) is 0 Å². The van der Waals surface area contributed by atoms with Gasteiger partial charge in [-0.05, 0) is 154 Å². The number of nitrogens with zero attached hydrogens (tertiary/aromatic N) is 2. The van der Waals surface area contributed by atoms with E-state index < -0.39 is 0 Å². The van der Waals surface area contributed by atoms with Crippen molar-refractivity contribution < 1.29 is 0 Å². The lowest BCUT2D eigenvalue weighted by Crippen LogP contribution is -2.13. The van der Waals surface area contributed by atoms with Crippen molar-refractivity contribution >= 4 is 88.0 Å². The van der Waals surface area contributed by atoms with Gasteiger partial charge in [0.15, 0.2) is 0 Å². The van der Waals surface area contributed by atoms with Crippen LogP contribution in [0, 0.1) is 0 Å².